The maximum atomic E-state index is 5.09. The molecule has 0 radical (unpaired) electrons. The highest BCUT2D eigenvalue weighted by molar-refractivity contribution is 6.29. The van der Waals surface area contributed by atoms with Crippen LogP contribution in [0, 0.1) is 6.92 Å². The zero-order valence-corrected chi connectivity index (χ0v) is 27.0. The Kier molecular flexibility index (Phi) is 5.38. The molecular weight excluding hydrogens is 591 g/mol. The van der Waals surface area contributed by atoms with E-state index in [0.29, 0.717) is 0 Å². The van der Waals surface area contributed by atoms with E-state index in [2.05, 4.69) is 165 Å². The van der Waals surface area contributed by atoms with Crippen LogP contribution < -0.4 is 0 Å². The summed E-state index contributed by atoms with van der Waals surface area (Å²) in [6.07, 6.45) is 0. The first-order chi connectivity index (χ1) is 24.2. The van der Waals surface area contributed by atoms with Gasteiger partial charge >= 0.3 is 0 Å². The smallest absolute Gasteiger partial charge is 0.0723 e. The molecule has 2 aliphatic rings. The Hall–Kier alpha value is -6.31. The van der Waals surface area contributed by atoms with Crippen LogP contribution in [-0.2, 0) is 0 Å². The first-order valence-electron chi connectivity index (χ1n) is 17.1. The Balaban J connectivity index is 1.25. The average molecular weight is 620 g/mol. The zero-order valence-electron chi connectivity index (χ0n) is 27.0. The van der Waals surface area contributed by atoms with Crippen molar-refractivity contribution >= 4 is 32.4 Å². The van der Waals surface area contributed by atoms with E-state index in [4.69, 9.17) is 4.98 Å². The van der Waals surface area contributed by atoms with E-state index in [9.17, 15) is 0 Å². The maximum Gasteiger partial charge on any atom is 0.0723 e. The molecule has 2 aliphatic carbocycles. The lowest BCUT2D eigenvalue weighted by Gasteiger charge is -2.20. The van der Waals surface area contributed by atoms with Crippen molar-refractivity contribution in [1.82, 2.24) is 4.98 Å². The van der Waals surface area contributed by atoms with Crippen molar-refractivity contribution in [3.8, 4) is 77.9 Å². The first-order valence-corrected chi connectivity index (χ1v) is 17.1. The van der Waals surface area contributed by atoms with Crippen LogP contribution in [0.4, 0.5) is 0 Å². The van der Waals surface area contributed by atoms with Gasteiger partial charge in [-0.25, -0.2) is 0 Å². The summed E-state index contributed by atoms with van der Waals surface area (Å²) in [5, 5.41) is 6.43. The zero-order chi connectivity index (χ0) is 32.2. The molecule has 8 aromatic carbocycles. The second kappa shape index (κ2) is 9.86. The van der Waals surface area contributed by atoms with Gasteiger partial charge in [0, 0.05) is 11.1 Å². The quantitative estimate of drug-likeness (QED) is 0.192. The summed E-state index contributed by atoms with van der Waals surface area (Å²) < 4.78 is 0. The third kappa shape index (κ3) is 3.62. The standard InChI is InChI=1S/C48H29N/c1-28-25-40-33-17-8-9-18-34(33)41-26-31(27-42(49-28)46(40)41)32-23-24-39-45-35(32)21-12-22-38(45)47-43(29-13-4-2-5-14-29)36-19-10-11-20-37(36)44(48(39)47)30-15-6-3-7-16-30/h2-27H,1H3. The molecule has 0 saturated heterocycles. The largest absolute Gasteiger partial charge is 0.253 e. The lowest BCUT2D eigenvalue weighted by molar-refractivity contribution is 1.26. The number of aromatic nitrogens is 1. The van der Waals surface area contributed by atoms with Crippen LogP contribution in [0.15, 0.2) is 158 Å². The summed E-state index contributed by atoms with van der Waals surface area (Å²) in [7, 11) is 0. The minimum absolute atomic E-state index is 1.05. The van der Waals surface area contributed by atoms with E-state index in [-0.39, 0.29) is 0 Å². The molecule has 1 heteroatoms. The second-order valence-corrected chi connectivity index (χ2v) is 13.4. The molecule has 0 bridgehead atoms. The fraction of sp³-hybridized carbons (Fsp3) is 0.0208. The van der Waals surface area contributed by atoms with Gasteiger partial charge < -0.3 is 0 Å². The van der Waals surface area contributed by atoms with Gasteiger partial charge in [0.1, 0.15) is 0 Å². The van der Waals surface area contributed by atoms with Crippen molar-refractivity contribution < 1.29 is 0 Å². The highest BCUT2D eigenvalue weighted by Gasteiger charge is 2.31. The summed E-state index contributed by atoms with van der Waals surface area (Å²) in [5.74, 6) is 0. The van der Waals surface area contributed by atoms with Crippen molar-refractivity contribution in [3.63, 3.8) is 0 Å². The fourth-order valence-electron chi connectivity index (χ4n) is 8.90. The molecule has 1 heterocycles. The van der Waals surface area contributed by atoms with Crippen molar-refractivity contribution in [1.29, 1.82) is 0 Å². The van der Waals surface area contributed by atoms with E-state index < -0.39 is 0 Å². The van der Waals surface area contributed by atoms with Crippen LogP contribution in [0.5, 0.6) is 0 Å². The molecule has 0 fully saturated rings. The fourth-order valence-corrected chi connectivity index (χ4v) is 8.90. The SMILES string of the molecule is Cc1cc2c3c(cc(-c4ccc5c6c(cccc46)-c4c-5c(-c5ccccc5)c5ccccc5c4-c4ccccc4)cc3n1)-c1ccccc1-2. The Morgan fingerprint density at radius 1 is 0.327 bits per heavy atom. The average Bonchev–Trinajstić information content (AvgIpc) is 3.65. The van der Waals surface area contributed by atoms with Crippen LogP contribution in [-0.4, -0.2) is 4.98 Å². The van der Waals surface area contributed by atoms with Gasteiger partial charge in [-0.15, -0.1) is 0 Å². The maximum absolute atomic E-state index is 5.09. The van der Waals surface area contributed by atoms with Crippen LogP contribution in [0.25, 0.3) is 110 Å². The first kappa shape index (κ1) is 26.7. The van der Waals surface area contributed by atoms with Crippen molar-refractivity contribution in [2.24, 2.45) is 0 Å². The molecule has 0 N–H and O–H groups in total. The van der Waals surface area contributed by atoms with Crippen molar-refractivity contribution in [3.05, 3.63) is 163 Å². The Bertz CT molecular complexity index is 2770. The molecule has 0 saturated carbocycles. The molecule has 0 unspecified atom stereocenters. The highest BCUT2D eigenvalue weighted by atomic mass is 14.7. The molecule has 11 rings (SSSR count). The molecule has 9 aromatic rings. The van der Waals surface area contributed by atoms with Crippen LogP contribution in [0.1, 0.15) is 5.69 Å². The van der Waals surface area contributed by atoms with E-state index in [1.54, 1.807) is 0 Å². The molecule has 226 valence electrons. The normalized spacial score (nSPS) is 12.2. The summed E-state index contributed by atoms with van der Waals surface area (Å²) >= 11 is 0. The number of aryl methyl sites for hydroxylation is 1. The predicted octanol–water partition coefficient (Wildman–Crippen LogP) is 13.1. The summed E-state index contributed by atoms with van der Waals surface area (Å²) in [6, 6.07) is 58.3. The van der Waals surface area contributed by atoms with Crippen LogP contribution in [0.3, 0.4) is 0 Å². The van der Waals surface area contributed by atoms with E-state index >= 15 is 0 Å². The minimum atomic E-state index is 1.05. The number of hydrogen-bond acceptors (Lipinski definition) is 1. The monoisotopic (exact) mass is 619 g/mol. The van der Waals surface area contributed by atoms with E-state index in [1.807, 2.05) is 0 Å². The van der Waals surface area contributed by atoms with Gasteiger partial charge in [-0.2, -0.15) is 0 Å². The molecule has 0 atom stereocenters. The molecule has 0 amide bonds. The van der Waals surface area contributed by atoms with Gasteiger partial charge in [-0.1, -0.05) is 140 Å². The number of hydrogen-bond donors (Lipinski definition) is 0. The molecule has 49 heavy (non-hydrogen) atoms. The Morgan fingerprint density at radius 3 is 1.49 bits per heavy atom. The van der Waals surface area contributed by atoms with Gasteiger partial charge in [0.2, 0.25) is 0 Å². The number of rotatable bonds is 3. The predicted molar refractivity (Wildman–Crippen MR) is 207 cm³/mol. The van der Waals surface area contributed by atoms with Gasteiger partial charge in [0.25, 0.3) is 0 Å². The number of pyridine rings is 1. The van der Waals surface area contributed by atoms with Gasteiger partial charge in [-0.3, -0.25) is 4.98 Å². The molecule has 0 aliphatic heterocycles. The molecular formula is C48H29N. The van der Waals surface area contributed by atoms with Gasteiger partial charge in [0.05, 0.1) is 5.52 Å². The highest BCUT2D eigenvalue weighted by Crippen LogP contribution is 2.59. The second-order valence-electron chi connectivity index (χ2n) is 13.4. The lowest BCUT2D eigenvalue weighted by Crippen LogP contribution is -1.93. The number of nitrogens with zero attached hydrogens (tertiary/aromatic N) is 1. The topological polar surface area (TPSA) is 12.9 Å². The summed E-state index contributed by atoms with van der Waals surface area (Å²) in [6.45, 7) is 2.11. The van der Waals surface area contributed by atoms with Crippen LogP contribution in [0.2, 0.25) is 0 Å². The Labute approximate surface area is 284 Å². The Morgan fingerprint density at radius 2 is 0.837 bits per heavy atom. The van der Waals surface area contributed by atoms with Gasteiger partial charge in [-0.05, 0) is 125 Å². The van der Waals surface area contributed by atoms with Crippen LogP contribution >= 0.6 is 0 Å². The van der Waals surface area contributed by atoms with E-state index in [0.717, 1.165) is 11.2 Å². The third-order valence-corrected chi connectivity index (χ3v) is 10.8. The lowest BCUT2D eigenvalue weighted by atomic mass is 9.82. The molecule has 0 spiro atoms. The van der Waals surface area contributed by atoms with Crippen molar-refractivity contribution in [2.45, 2.75) is 6.92 Å². The summed E-state index contributed by atoms with van der Waals surface area (Å²) in [4.78, 5) is 5.09. The third-order valence-electron chi connectivity index (χ3n) is 10.8. The molecule has 1 nitrogen and oxygen atoms in total. The van der Waals surface area contributed by atoms with Crippen molar-refractivity contribution in [2.75, 3.05) is 0 Å². The number of benzene rings is 8. The molecule has 1 aromatic heterocycles. The summed E-state index contributed by atoms with van der Waals surface area (Å²) in [5.41, 5.74) is 20.1. The van der Waals surface area contributed by atoms with E-state index in [1.165, 1.54) is 105 Å². The number of fused-ring (bicyclic) bond motifs is 7. The minimum Gasteiger partial charge on any atom is -0.253 e. The van der Waals surface area contributed by atoms with Gasteiger partial charge in [0.15, 0.2) is 0 Å².